The predicted octanol–water partition coefficient (Wildman–Crippen LogP) is 3.46. The van der Waals surface area contributed by atoms with Crippen molar-refractivity contribution < 1.29 is 4.79 Å². The van der Waals surface area contributed by atoms with Gasteiger partial charge >= 0.3 is 0 Å². The molecule has 0 fully saturated rings. The number of anilines is 1. The maximum atomic E-state index is 12.5. The van der Waals surface area contributed by atoms with Crippen LogP contribution in [0.5, 0.6) is 0 Å². The molecule has 0 aliphatic heterocycles. The van der Waals surface area contributed by atoms with Crippen molar-refractivity contribution in [3.8, 4) is 0 Å². The number of amides is 1. The lowest BCUT2D eigenvalue weighted by molar-refractivity contribution is 0.0892. The minimum Gasteiger partial charge on any atom is -0.385 e. The Labute approximate surface area is 122 Å². The molecule has 0 radical (unpaired) electrons. The minimum atomic E-state index is -0.255. The van der Waals surface area contributed by atoms with Crippen LogP contribution in [0.4, 0.5) is 5.69 Å². The van der Waals surface area contributed by atoms with Crippen LogP contribution < -0.4 is 10.6 Å². The monoisotopic (exact) mass is 277 g/mol. The molecule has 1 rings (SSSR count). The minimum absolute atomic E-state index is 0.0803. The zero-order valence-electron chi connectivity index (χ0n) is 13.5. The van der Waals surface area contributed by atoms with Gasteiger partial charge in [-0.1, -0.05) is 20.8 Å². The quantitative estimate of drug-likeness (QED) is 0.866. The summed E-state index contributed by atoms with van der Waals surface area (Å²) < 4.78 is 0. The van der Waals surface area contributed by atoms with Crippen LogP contribution in [0.2, 0.25) is 0 Å². The van der Waals surface area contributed by atoms with E-state index in [2.05, 4.69) is 50.2 Å². The van der Waals surface area contributed by atoms with Gasteiger partial charge in [-0.2, -0.15) is 0 Å². The van der Waals surface area contributed by atoms with Gasteiger partial charge in [0.2, 0.25) is 0 Å². The molecule has 2 N–H and O–H groups in total. The van der Waals surface area contributed by atoms with E-state index in [9.17, 15) is 4.79 Å². The standard InChI is InChI=1S/C16H27N3O/c1-7-18-13-8-9-17-10-12(13)14(20)19-16(5,6)11-15(2,3)4/h8-10H,7,11H2,1-6H3,(H,17,18)(H,19,20). The van der Waals surface area contributed by atoms with Crippen molar-refractivity contribution in [1.82, 2.24) is 10.3 Å². The maximum Gasteiger partial charge on any atom is 0.255 e. The molecule has 0 aliphatic rings. The van der Waals surface area contributed by atoms with Crippen molar-refractivity contribution in [1.29, 1.82) is 0 Å². The molecule has 112 valence electrons. The van der Waals surface area contributed by atoms with Crippen LogP contribution >= 0.6 is 0 Å². The van der Waals surface area contributed by atoms with Gasteiger partial charge < -0.3 is 10.6 Å². The first-order valence-corrected chi connectivity index (χ1v) is 7.15. The molecule has 0 atom stereocenters. The van der Waals surface area contributed by atoms with Gasteiger partial charge in [-0.05, 0) is 38.7 Å². The normalized spacial score (nSPS) is 12.1. The molecule has 4 nitrogen and oxygen atoms in total. The first-order valence-electron chi connectivity index (χ1n) is 7.15. The molecule has 1 aromatic heterocycles. The van der Waals surface area contributed by atoms with E-state index in [1.807, 2.05) is 13.0 Å². The Morgan fingerprint density at radius 3 is 2.45 bits per heavy atom. The van der Waals surface area contributed by atoms with Gasteiger partial charge in [0.25, 0.3) is 5.91 Å². The molecular formula is C16H27N3O. The summed E-state index contributed by atoms with van der Waals surface area (Å²) in [5, 5.41) is 6.30. The average molecular weight is 277 g/mol. The highest BCUT2D eigenvalue weighted by Gasteiger charge is 2.28. The van der Waals surface area contributed by atoms with E-state index < -0.39 is 0 Å². The molecule has 4 heteroatoms. The van der Waals surface area contributed by atoms with Crippen LogP contribution in [0.1, 0.15) is 58.3 Å². The third-order valence-corrected chi connectivity index (χ3v) is 2.86. The second-order valence-corrected chi connectivity index (χ2v) is 7.03. The predicted molar refractivity (Wildman–Crippen MR) is 84.0 cm³/mol. The lowest BCUT2D eigenvalue weighted by Gasteiger charge is -2.33. The molecule has 0 bridgehead atoms. The number of carbonyl (C=O) groups excluding carboxylic acids is 1. The van der Waals surface area contributed by atoms with E-state index in [-0.39, 0.29) is 16.9 Å². The van der Waals surface area contributed by atoms with Crippen molar-refractivity contribution >= 4 is 11.6 Å². The SMILES string of the molecule is CCNc1ccncc1C(=O)NC(C)(C)CC(C)(C)C. The Morgan fingerprint density at radius 2 is 1.90 bits per heavy atom. The highest BCUT2D eigenvalue weighted by Crippen LogP contribution is 2.27. The van der Waals surface area contributed by atoms with Crippen LogP contribution in [-0.2, 0) is 0 Å². The smallest absolute Gasteiger partial charge is 0.255 e. The second-order valence-electron chi connectivity index (χ2n) is 7.03. The summed E-state index contributed by atoms with van der Waals surface area (Å²) in [7, 11) is 0. The Hall–Kier alpha value is -1.58. The lowest BCUT2D eigenvalue weighted by Crippen LogP contribution is -2.46. The molecule has 20 heavy (non-hydrogen) atoms. The van der Waals surface area contributed by atoms with Gasteiger partial charge in [0.1, 0.15) is 0 Å². The third kappa shape index (κ3) is 5.19. The van der Waals surface area contributed by atoms with Gasteiger partial charge in [-0.3, -0.25) is 9.78 Å². The molecule has 0 saturated heterocycles. The first kappa shape index (κ1) is 16.5. The molecular weight excluding hydrogens is 250 g/mol. The molecule has 1 aromatic rings. The number of pyridine rings is 1. The Bertz CT molecular complexity index is 461. The largest absolute Gasteiger partial charge is 0.385 e. The zero-order valence-corrected chi connectivity index (χ0v) is 13.5. The number of aromatic nitrogens is 1. The van der Waals surface area contributed by atoms with Crippen molar-refractivity contribution in [2.24, 2.45) is 5.41 Å². The van der Waals surface area contributed by atoms with Crippen LogP contribution in [0.3, 0.4) is 0 Å². The summed E-state index contributed by atoms with van der Waals surface area (Å²) in [6, 6.07) is 1.83. The summed E-state index contributed by atoms with van der Waals surface area (Å²) in [5.74, 6) is -0.0803. The summed E-state index contributed by atoms with van der Waals surface area (Å²) in [5.41, 5.74) is 1.33. The van der Waals surface area contributed by atoms with E-state index >= 15 is 0 Å². The van der Waals surface area contributed by atoms with Crippen molar-refractivity contribution in [3.63, 3.8) is 0 Å². The number of nitrogens with one attached hydrogen (secondary N) is 2. The van der Waals surface area contributed by atoms with Crippen LogP contribution in [-0.4, -0.2) is 23.0 Å². The zero-order chi connectivity index (χ0) is 15.4. The average Bonchev–Trinajstić information content (AvgIpc) is 2.25. The summed E-state index contributed by atoms with van der Waals surface area (Å²) in [6.07, 6.45) is 4.21. The number of nitrogens with zero attached hydrogens (tertiary/aromatic N) is 1. The van der Waals surface area contributed by atoms with Gasteiger partial charge in [0, 0.05) is 24.5 Å². The number of hydrogen-bond acceptors (Lipinski definition) is 3. The van der Waals surface area contributed by atoms with Crippen molar-refractivity contribution in [2.75, 3.05) is 11.9 Å². The van der Waals surface area contributed by atoms with E-state index in [0.29, 0.717) is 5.56 Å². The summed E-state index contributed by atoms with van der Waals surface area (Å²) >= 11 is 0. The molecule has 0 spiro atoms. The van der Waals surface area contributed by atoms with E-state index in [4.69, 9.17) is 0 Å². The topological polar surface area (TPSA) is 54.0 Å². The van der Waals surface area contributed by atoms with Crippen LogP contribution in [0.25, 0.3) is 0 Å². The third-order valence-electron chi connectivity index (χ3n) is 2.86. The fraction of sp³-hybridized carbons (Fsp3) is 0.625. The molecule has 0 aromatic carbocycles. The Balaban J connectivity index is 2.86. The lowest BCUT2D eigenvalue weighted by atomic mass is 9.81. The molecule has 0 saturated carbocycles. The molecule has 0 unspecified atom stereocenters. The number of carbonyl (C=O) groups is 1. The van der Waals surface area contributed by atoms with Gasteiger partial charge in [-0.15, -0.1) is 0 Å². The van der Waals surface area contributed by atoms with Crippen molar-refractivity contribution in [2.45, 2.75) is 53.5 Å². The molecule has 1 heterocycles. The highest BCUT2D eigenvalue weighted by atomic mass is 16.1. The fourth-order valence-corrected chi connectivity index (χ4v) is 2.66. The summed E-state index contributed by atoms with van der Waals surface area (Å²) in [6.45, 7) is 13.4. The van der Waals surface area contributed by atoms with Gasteiger partial charge in [0.05, 0.1) is 11.3 Å². The number of rotatable bonds is 5. The van der Waals surface area contributed by atoms with E-state index in [1.54, 1.807) is 12.4 Å². The fourth-order valence-electron chi connectivity index (χ4n) is 2.66. The van der Waals surface area contributed by atoms with Crippen LogP contribution in [0, 0.1) is 5.41 Å². The van der Waals surface area contributed by atoms with E-state index in [0.717, 1.165) is 18.7 Å². The Morgan fingerprint density at radius 1 is 1.25 bits per heavy atom. The molecule has 0 aliphatic carbocycles. The second kappa shape index (κ2) is 6.25. The molecule has 1 amide bonds. The van der Waals surface area contributed by atoms with Crippen molar-refractivity contribution in [3.05, 3.63) is 24.0 Å². The van der Waals surface area contributed by atoms with Crippen LogP contribution in [0.15, 0.2) is 18.5 Å². The maximum absolute atomic E-state index is 12.5. The van der Waals surface area contributed by atoms with E-state index in [1.165, 1.54) is 0 Å². The highest BCUT2D eigenvalue weighted by molar-refractivity contribution is 5.99. The Kier molecular flexibility index (Phi) is 5.15. The first-order chi connectivity index (χ1) is 9.14. The number of hydrogen-bond donors (Lipinski definition) is 2. The van der Waals surface area contributed by atoms with Gasteiger partial charge in [0.15, 0.2) is 0 Å². The van der Waals surface area contributed by atoms with Gasteiger partial charge in [-0.25, -0.2) is 0 Å². The summed E-state index contributed by atoms with van der Waals surface area (Å²) in [4.78, 5) is 16.5.